The molecule has 0 fully saturated rings. The fourth-order valence-electron chi connectivity index (χ4n) is 2.28. The summed E-state index contributed by atoms with van der Waals surface area (Å²) in [5, 5.41) is 3.43. The summed E-state index contributed by atoms with van der Waals surface area (Å²) in [6, 6.07) is 4.30. The Labute approximate surface area is 109 Å². The second kappa shape index (κ2) is 7.47. The third-order valence-corrected chi connectivity index (χ3v) is 3.23. The molecule has 0 radical (unpaired) electrons. The zero-order valence-corrected chi connectivity index (χ0v) is 11.5. The van der Waals surface area contributed by atoms with E-state index in [1.165, 1.54) is 12.1 Å². The first-order chi connectivity index (χ1) is 8.60. The van der Waals surface area contributed by atoms with E-state index in [0.717, 1.165) is 31.4 Å². The normalized spacial score (nSPS) is 14.5. The summed E-state index contributed by atoms with van der Waals surface area (Å²) in [6.45, 7) is 7.27. The van der Waals surface area contributed by atoms with Gasteiger partial charge in [-0.3, -0.25) is 0 Å². The standard InChI is InChI=1S/C15H23F2N/c1-4-6-11(3)15(18-9-5-2)12-7-8-13(16)14(17)10-12/h7-8,10-11,15,18H,4-6,9H2,1-3H3. The summed E-state index contributed by atoms with van der Waals surface area (Å²) in [5.41, 5.74) is 0.836. The van der Waals surface area contributed by atoms with Crippen LogP contribution in [0.5, 0.6) is 0 Å². The molecule has 0 aliphatic heterocycles. The first-order valence-corrected chi connectivity index (χ1v) is 6.78. The number of hydrogen-bond donors (Lipinski definition) is 1. The fraction of sp³-hybridized carbons (Fsp3) is 0.600. The zero-order valence-electron chi connectivity index (χ0n) is 11.5. The van der Waals surface area contributed by atoms with Gasteiger partial charge in [0.15, 0.2) is 11.6 Å². The molecule has 0 aromatic heterocycles. The molecule has 0 saturated carbocycles. The zero-order chi connectivity index (χ0) is 13.5. The van der Waals surface area contributed by atoms with E-state index in [-0.39, 0.29) is 6.04 Å². The van der Waals surface area contributed by atoms with Crippen LogP contribution in [-0.4, -0.2) is 6.54 Å². The van der Waals surface area contributed by atoms with Crippen molar-refractivity contribution >= 4 is 0 Å². The molecule has 2 unspecified atom stereocenters. The highest BCUT2D eigenvalue weighted by molar-refractivity contribution is 5.22. The molecule has 1 nitrogen and oxygen atoms in total. The van der Waals surface area contributed by atoms with Crippen LogP contribution in [0, 0.1) is 17.6 Å². The minimum atomic E-state index is -0.781. The molecule has 0 bridgehead atoms. The highest BCUT2D eigenvalue weighted by atomic mass is 19.2. The van der Waals surface area contributed by atoms with Crippen LogP contribution in [0.1, 0.15) is 51.6 Å². The van der Waals surface area contributed by atoms with Crippen molar-refractivity contribution in [1.82, 2.24) is 5.32 Å². The van der Waals surface area contributed by atoms with Gasteiger partial charge in [0.1, 0.15) is 0 Å². The maximum Gasteiger partial charge on any atom is 0.159 e. The van der Waals surface area contributed by atoms with Gasteiger partial charge in [0.2, 0.25) is 0 Å². The highest BCUT2D eigenvalue weighted by Gasteiger charge is 2.19. The molecule has 1 N–H and O–H groups in total. The van der Waals surface area contributed by atoms with Crippen molar-refractivity contribution in [1.29, 1.82) is 0 Å². The third kappa shape index (κ3) is 4.05. The Hall–Kier alpha value is -0.960. The summed E-state index contributed by atoms with van der Waals surface area (Å²) in [6.07, 6.45) is 3.19. The van der Waals surface area contributed by atoms with Gasteiger partial charge < -0.3 is 5.32 Å². The number of benzene rings is 1. The molecular formula is C15H23F2N. The molecule has 0 saturated heterocycles. The number of rotatable bonds is 7. The molecule has 0 aliphatic rings. The lowest BCUT2D eigenvalue weighted by Crippen LogP contribution is -2.27. The van der Waals surface area contributed by atoms with Crippen molar-refractivity contribution in [2.24, 2.45) is 5.92 Å². The first kappa shape index (κ1) is 15.1. The Morgan fingerprint density at radius 3 is 2.39 bits per heavy atom. The van der Waals surface area contributed by atoms with E-state index in [4.69, 9.17) is 0 Å². The molecule has 0 aliphatic carbocycles. The molecule has 3 heteroatoms. The maximum absolute atomic E-state index is 13.3. The minimum Gasteiger partial charge on any atom is -0.310 e. The summed E-state index contributed by atoms with van der Waals surface area (Å²) < 4.78 is 26.3. The second-order valence-corrected chi connectivity index (χ2v) is 4.87. The van der Waals surface area contributed by atoms with E-state index >= 15 is 0 Å². The third-order valence-electron chi connectivity index (χ3n) is 3.23. The van der Waals surface area contributed by atoms with Crippen LogP contribution >= 0.6 is 0 Å². The van der Waals surface area contributed by atoms with Gasteiger partial charge in [-0.2, -0.15) is 0 Å². The van der Waals surface area contributed by atoms with Gasteiger partial charge in [-0.05, 0) is 43.0 Å². The second-order valence-electron chi connectivity index (χ2n) is 4.87. The topological polar surface area (TPSA) is 12.0 Å². The van der Waals surface area contributed by atoms with Crippen molar-refractivity contribution < 1.29 is 8.78 Å². The van der Waals surface area contributed by atoms with Crippen molar-refractivity contribution in [2.75, 3.05) is 6.54 Å². The monoisotopic (exact) mass is 255 g/mol. The van der Waals surface area contributed by atoms with E-state index in [9.17, 15) is 8.78 Å². The van der Waals surface area contributed by atoms with E-state index in [2.05, 4.69) is 26.1 Å². The van der Waals surface area contributed by atoms with Gasteiger partial charge >= 0.3 is 0 Å². The average molecular weight is 255 g/mol. The Kier molecular flexibility index (Phi) is 6.27. The Morgan fingerprint density at radius 2 is 1.83 bits per heavy atom. The molecule has 0 amide bonds. The summed E-state index contributed by atoms with van der Waals surface area (Å²) in [5.74, 6) is -1.14. The van der Waals surface area contributed by atoms with Crippen LogP contribution in [0.2, 0.25) is 0 Å². The SMILES string of the molecule is CCCNC(c1ccc(F)c(F)c1)C(C)CCC. The van der Waals surface area contributed by atoms with E-state index in [0.29, 0.717) is 5.92 Å². The van der Waals surface area contributed by atoms with Gasteiger partial charge in [0.25, 0.3) is 0 Å². The van der Waals surface area contributed by atoms with Crippen LogP contribution in [0.25, 0.3) is 0 Å². The molecule has 2 atom stereocenters. The van der Waals surface area contributed by atoms with E-state index in [1.54, 1.807) is 6.07 Å². The molecule has 18 heavy (non-hydrogen) atoms. The van der Waals surface area contributed by atoms with E-state index < -0.39 is 11.6 Å². The summed E-state index contributed by atoms with van der Waals surface area (Å²) in [7, 11) is 0. The molecular weight excluding hydrogens is 232 g/mol. The smallest absolute Gasteiger partial charge is 0.159 e. The Bertz CT molecular complexity index is 366. The number of halogens is 2. The van der Waals surface area contributed by atoms with Crippen molar-refractivity contribution in [3.05, 3.63) is 35.4 Å². The lowest BCUT2D eigenvalue weighted by molar-refractivity contribution is 0.361. The largest absolute Gasteiger partial charge is 0.310 e. The fourth-order valence-corrected chi connectivity index (χ4v) is 2.28. The maximum atomic E-state index is 13.3. The van der Waals surface area contributed by atoms with Crippen LogP contribution in [-0.2, 0) is 0 Å². The van der Waals surface area contributed by atoms with Crippen LogP contribution in [0.3, 0.4) is 0 Å². The van der Waals surface area contributed by atoms with Gasteiger partial charge in [-0.15, -0.1) is 0 Å². The predicted octanol–water partition coefficient (Wildman–Crippen LogP) is 4.44. The van der Waals surface area contributed by atoms with Crippen LogP contribution in [0.15, 0.2) is 18.2 Å². The number of nitrogens with one attached hydrogen (secondary N) is 1. The summed E-state index contributed by atoms with van der Waals surface area (Å²) in [4.78, 5) is 0. The first-order valence-electron chi connectivity index (χ1n) is 6.78. The quantitative estimate of drug-likeness (QED) is 0.759. The highest BCUT2D eigenvalue weighted by Crippen LogP contribution is 2.26. The van der Waals surface area contributed by atoms with Crippen molar-refractivity contribution in [2.45, 2.75) is 46.1 Å². The van der Waals surface area contributed by atoms with Gasteiger partial charge in [-0.1, -0.05) is 33.3 Å². The molecule has 102 valence electrons. The average Bonchev–Trinajstić information content (AvgIpc) is 2.34. The van der Waals surface area contributed by atoms with Crippen LogP contribution < -0.4 is 5.32 Å². The minimum absolute atomic E-state index is 0.0972. The van der Waals surface area contributed by atoms with E-state index in [1.807, 2.05) is 0 Å². The van der Waals surface area contributed by atoms with Crippen molar-refractivity contribution in [3.63, 3.8) is 0 Å². The molecule has 1 aromatic rings. The predicted molar refractivity (Wildman–Crippen MR) is 71.5 cm³/mol. The van der Waals surface area contributed by atoms with Gasteiger partial charge in [-0.25, -0.2) is 8.78 Å². The summed E-state index contributed by atoms with van der Waals surface area (Å²) >= 11 is 0. The molecule has 1 aromatic carbocycles. The van der Waals surface area contributed by atoms with Gasteiger partial charge in [0.05, 0.1) is 0 Å². The lowest BCUT2D eigenvalue weighted by atomic mass is 9.91. The molecule has 1 rings (SSSR count). The van der Waals surface area contributed by atoms with Gasteiger partial charge in [0, 0.05) is 6.04 Å². The molecule has 0 spiro atoms. The number of hydrogen-bond acceptors (Lipinski definition) is 1. The molecule has 0 heterocycles. The van der Waals surface area contributed by atoms with Crippen molar-refractivity contribution in [3.8, 4) is 0 Å². The lowest BCUT2D eigenvalue weighted by Gasteiger charge is -2.25. The Balaban J connectivity index is 2.89. The van der Waals surface area contributed by atoms with Crippen LogP contribution in [0.4, 0.5) is 8.78 Å². The Morgan fingerprint density at radius 1 is 1.11 bits per heavy atom.